The van der Waals surface area contributed by atoms with Crippen molar-refractivity contribution in [3.05, 3.63) is 0 Å². The Hall–Kier alpha value is -0.640. The van der Waals surface area contributed by atoms with Gasteiger partial charge in [0, 0.05) is 12.5 Å². The third-order valence-electron chi connectivity index (χ3n) is 2.57. The second-order valence-electron chi connectivity index (χ2n) is 3.64. The first-order chi connectivity index (χ1) is 6.06. The molecule has 0 aromatic heterocycles. The molecule has 1 heterocycles. The van der Waals surface area contributed by atoms with Crippen LogP contribution in [0.1, 0.15) is 20.3 Å². The molecule has 1 aliphatic rings. The summed E-state index contributed by atoms with van der Waals surface area (Å²) in [4.78, 5) is 12.9. The van der Waals surface area contributed by atoms with Crippen LogP contribution in [0, 0.1) is 5.92 Å². The lowest BCUT2D eigenvalue weighted by atomic mass is 10.1. The Morgan fingerprint density at radius 2 is 2.31 bits per heavy atom. The summed E-state index contributed by atoms with van der Waals surface area (Å²) in [7, 11) is 0. The van der Waals surface area contributed by atoms with Gasteiger partial charge in [0.1, 0.15) is 12.3 Å². The lowest BCUT2D eigenvalue weighted by Gasteiger charge is -2.18. The molecule has 76 valence electrons. The van der Waals surface area contributed by atoms with Crippen LogP contribution in [0.15, 0.2) is 0 Å². The van der Waals surface area contributed by atoms with Gasteiger partial charge < -0.3 is 10.0 Å². The molecular weight excluding hydrogens is 173 g/mol. The van der Waals surface area contributed by atoms with E-state index in [-0.39, 0.29) is 24.9 Å². The summed E-state index contributed by atoms with van der Waals surface area (Å²) in [5, 5.41) is 9.10. The average molecular weight is 189 g/mol. The first kappa shape index (κ1) is 10.4. The van der Waals surface area contributed by atoms with Gasteiger partial charge in [-0.25, -0.2) is 4.39 Å². The van der Waals surface area contributed by atoms with E-state index in [2.05, 4.69) is 0 Å². The SMILES string of the molecule is CCC(C)C(=O)N1C[C@@H](O)[C@H](F)C1. The summed E-state index contributed by atoms with van der Waals surface area (Å²) in [6.07, 6.45) is -1.51. The number of carbonyl (C=O) groups is 1. The maximum Gasteiger partial charge on any atom is 0.225 e. The van der Waals surface area contributed by atoms with E-state index in [0.29, 0.717) is 0 Å². The largest absolute Gasteiger partial charge is 0.388 e. The molecule has 0 saturated carbocycles. The van der Waals surface area contributed by atoms with Crippen LogP contribution in [0.4, 0.5) is 4.39 Å². The first-order valence-corrected chi connectivity index (χ1v) is 4.67. The first-order valence-electron chi connectivity index (χ1n) is 4.67. The van der Waals surface area contributed by atoms with E-state index in [1.165, 1.54) is 4.90 Å². The van der Waals surface area contributed by atoms with E-state index in [9.17, 15) is 9.18 Å². The van der Waals surface area contributed by atoms with E-state index in [4.69, 9.17) is 5.11 Å². The van der Waals surface area contributed by atoms with E-state index in [0.717, 1.165) is 6.42 Å². The zero-order valence-electron chi connectivity index (χ0n) is 8.03. The molecule has 1 rings (SSSR count). The van der Waals surface area contributed by atoms with Crippen molar-refractivity contribution in [1.82, 2.24) is 4.90 Å². The van der Waals surface area contributed by atoms with Crippen molar-refractivity contribution in [3.8, 4) is 0 Å². The molecule has 1 amide bonds. The van der Waals surface area contributed by atoms with Gasteiger partial charge in [0.25, 0.3) is 0 Å². The number of hydrogen-bond acceptors (Lipinski definition) is 2. The predicted octanol–water partition coefficient (Wildman–Crippen LogP) is 0.574. The Labute approximate surface area is 77.5 Å². The Bertz CT molecular complexity index is 188. The minimum absolute atomic E-state index is 0.0460. The maximum atomic E-state index is 12.9. The molecule has 13 heavy (non-hydrogen) atoms. The molecule has 1 aliphatic heterocycles. The van der Waals surface area contributed by atoms with E-state index in [1.54, 1.807) is 0 Å². The molecule has 1 unspecified atom stereocenters. The lowest BCUT2D eigenvalue weighted by Crippen LogP contribution is -2.33. The molecule has 0 aliphatic carbocycles. The van der Waals surface area contributed by atoms with E-state index >= 15 is 0 Å². The number of β-amino-alcohol motifs (C(OH)–C–C–N with tert-alkyl or cyclic N) is 1. The highest BCUT2D eigenvalue weighted by Crippen LogP contribution is 2.17. The minimum atomic E-state index is -1.27. The van der Waals surface area contributed by atoms with Gasteiger partial charge in [-0.3, -0.25) is 4.79 Å². The number of amides is 1. The number of halogens is 1. The Balaban J connectivity index is 2.50. The molecule has 1 N–H and O–H groups in total. The van der Waals surface area contributed by atoms with Crippen LogP contribution in [0.5, 0.6) is 0 Å². The zero-order valence-corrected chi connectivity index (χ0v) is 8.03. The number of hydrogen-bond donors (Lipinski definition) is 1. The minimum Gasteiger partial charge on any atom is -0.388 e. The Morgan fingerprint density at radius 1 is 1.69 bits per heavy atom. The smallest absolute Gasteiger partial charge is 0.225 e. The molecule has 3 atom stereocenters. The van der Waals surface area contributed by atoms with Gasteiger partial charge in [0.2, 0.25) is 5.91 Å². The third-order valence-corrected chi connectivity index (χ3v) is 2.57. The van der Waals surface area contributed by atoms with Crippen molar-refractivity contribution in [2.75, 3.05) is 13.1 Å². The van der Waals surface area contributed by atoms with E-state index in [1.807, 2.05) is 13.8 Å². The standard InChI is InChI=1S/C9H16FNO2/c1-3-6(2)9(13)11-4-7(10)8(12)5-11/h6-8,12H,3-5H2,1-2H3/t6?,7-,8-/m1/s1. The topological polar surface area (TPSA) is 40.5 Å². The van der Waals surface area contributed by atoms with Gasteiger partial charge in [0.05, 0.1) is 6.54 Å². The fourth-order valence-corrected chi connectivity index (χ4v) is 1.41. The number of aliphatic hydroxyl groups excluding tert-OH is 1. The fraction of sp³-hybridized carbons (Fsp3) is 0.889. The maximum absolute atomic E-state index is 12.9. The summed E-state index contributed by atoms with van der Waals surface area (Å²) in [5.74, 6) is -0.126. The molecule has 1 fully saturated rings. The van der Waals surface area contributed by atoms with Crippen molar-refractivity contribution in [2.45, 2.75) is 32.5 Å². The number of carbonyl (C=O) groups excluding carboxylic acids is 1. The molecule has 0 bridgehead atoms. The zero-order chi connectivity index (χ0) is 10.0. The quantitative estimate of drug-likeness (QED) is 0.690. The number of alkyl halides is 1. The van der Waals surface area contributed by atoms with Crippen LogP contribution in [-0.4, -0.2) is 41.3 Å². The number of nitrogens with zero attached hydrogens (tertiary/aromatic N) is 1. The Morgan fingerprint density at radius 3 is 2.69 bits per heavy atom. The highest BCUT2D eigenvalue weighted by atomic mass is 19.1. The summed E-state index contributed by atoms with van der Waals surface area (Å²) in [6, 6.07) is 0. The molecule has 0 spiro atoms. The van der Waals surface area contributed by atoms with Crippen molar-refractivity contribution in [1.29, 1.82) is 0 Å². The van der Waals surface area contributed by atoms with Crippen LogP contribution in [0.25, 0.3) is 0 Å². The van der Waals surface area contributed by atoms with Crippen LogP contribution >= 0.6 is 0 Å². The lowest BCUT2D eigenvalue weighted by molar-refractivity contribution is -0.134. The van der Waals surface area contributed by atoms with Crippen molar-refractivity contribution >= 4 is 5.91 Å². The van der Waals surface area contributed by atoms with Crippen LogP contribution in [-0.2, 0) is 4.79 Å². The van der Waals surface area contributed by atoms with Gasteiger partial charge in [0.15, 0.2) is 0 Å². The Kier molecular flexibility index (Phi) is 3.25. The third kappa shape index (κ3) is 2.18. The van der Waals surface area contributed by atoms with Crippen molar-refractivity contribution in [2.24, 2.45) is 5.92 Å². The van der Waals surface area contributed by atoms with Gasteiger partial charge in [-0.15, -0.1) is 0 Å². The molecular formula is C9H16FNO2. The van der Waals surface area contributed by atoms with Crippen molar-refractivity contribution in [3.63, 3.8) is 0 Å². The van der Waals surface area contributed by atoms with Crippen LogP contribution in [0.3, 0.4) is 0 Å². The van der Waals surface area contributed by atoms with Crippen LogP contribution < -0.4 is 0 Å². The van der Waals surface area contributed by atoms with E-state index < -0.39 is 12.3 Å². The predicted molar refractivity (Wildman–Crippen MR) is 46.9 cm³/mol. The van der Waals surface area contributed by atoms with Gasteiger partial charge in [-0.1, -0.05) is 13.8 Å². The molecule has 0 aromatic carbocycles. The highest BCUT2D eigenvalue weighted by molar-refractivity contribution is 5.78. The summed E-state index contributed by atoms with van der Waals surface area (Å²) in [5.41, 5.74) is 0. The number of rotatable bonds is 2. The van der Waals surface area contributed by atoms with Gasteiger partial charge >= 0.3 is 0 Å². The summed E-state index contributed by atoms with van der Waals surface area (Å²) in [6.45, 7) is 3.93. The number of likely N-dealkylation sites (tertiary alicyclic amines) is 1. The second kappa shape index (κ2) is 4.05. The molecule has 1 saturated heterocycles. The number of aliphatic hydroxyl groups is 1. The normalized spacial score (nSPS) is 30.6. The van der Waals surface area contributed by atoms with Crippen LogP contribution in [0.2, 0.25) is 0 Å². The summed E-state index contributed by atoms with van der Waals surface area (Å²) < 4.78 is 12.9. The molecule has 4 heteroatoms. The second-order valence-corrected chi connectivity index (χ2v) is 3.64. The molecule has 3 nitrogen and oxygen atoms in total. The molecule has 0 aromatic rings. The highest BCUT2D eigenvalue weighted by Gasteiger charge is 2.34. The summed E-state index contributed by atoms with van der Waals surface area (Å²) >= 11 is 0. The van der Waals surface area contributed by atoms with Crippen molar-refractivity contribution < 1.29 is 14.3 Å². The fourth-order valence-electron chi connectivity index (χ4n) is 1.41. The van der Waals surface area contributed by atoms with Gasteiger partial charge in [-0.05, 0) is 6.42 Å². The monoisotopic (exact) mass is 189 g/mol. The van der Waals surface area contributed by atoms with Gasteiger partial charge in [-0.2, -0.15) is 0 Å². The average Bonchev–Trinajstić information content (AvgIpc) is 2.44. The molecule has 0 radical (unpaired) electrons.